The van der Waals surface area contributed by atoms with E-state index in [0.29, 0.717) is 33.7 Å². The Morgan fingerprint density at radius 3 is 2.30 bits per heavy atom. The Bertz CT molecular complexity index is 901. The molecule has 0 aromatic heterocycles. The van der Waals surface area contributed by atoms with Crippen LogP contribution in [0.25, 0.3) is 0 Å². The van der Waals surface area contributed by atoms with Crippen molar-refractivity contribution in [1.29, 1.82) is 0 Å². The number of hydrogen-bond acceptors (Lipinski definition) is 5. The molecule has 0 aliphatic rings. The molecule has 162 valence electrons. The van der Waals surface area contributed by atoms with Crippen molar-refractivity contribution in [3.05, 3.63) is 57.6 Å². The zero-order chi connectivity index (χ0) is 22.3. The molecular weight excluding hydrogens is 427 g/mol. The fraction of sp³-hybridized carbons (Fsp3) is 0.364. The van der Waals surface area contributed by atoms with Crippen molar-refractivity contribution in [2.24, 2.45) is 10.6 Å². The zero-order valence-electron chi connectivity index (χ0n) is 17.7. The first-order valence-corrected chi connectivity index (χ1v) is 10.1. The Balaban J connectivity index is 2.22. The largest absolute Gasteiger partial charge is 0.490 e. The average Bonchev–Trinajstić information content (AvgIpc) is 2.68. The van der Waals surface area contributed by atoms with Gasteiger partial charge < -0.3 is 19.6 Å². The van der Waals surface area contributed by atoms with Gasteiger partial charge in [0, 0.05) is 24.7 Å². The standard InChI is InChI=1S/C22H26Cl2N2O4/c1-22(2,3)13-30-20-17(23)10-15(11-18(20)24)29-12-14-8-6-7-9-16(14)19(26-28-5)21(27)25-4/h6-11H,12-13H2,1-5H3,(H,25,27). The highest BCUT2D eigenvalue weighted by molar-refractivity contribution is 6.45. The highest BCUT2D eigenvalue weighted by Crippen LogP contribution is 2.38. The van der Waals surface area contributed by atoms with E-state index in [1.165, 1.54) is 14.2 Å². The number of nitrogens with one attached hydrogen (secondary N) is 1. The molecule has 1 amide bonds. The van der Waals surface area contributed by atoms with Crippen LogP contribution in [0.2, 0.25) is 10.0 Å². The second-order valence-electron chi connectivity index (χ2n) is 7.71. The fourth-order valence-electron chi connectivity index (χ4n) is 2.51. The van der Waals surface area contributed by atoms with Crippen LogP contribution in [-0.4, -0.2) is 32.4 Å². The lowest BCUT2D eigenvalue weighted by Gasteiger charge is -2.20. The topological polar surface area (TPSA) is 69.2 Å². The second kappa shape index (κ2) is 10.5. The molecule has 8 heteroatoms. The normalized spacial score (nSPS) is 11.8. The molecule has 0 bridgehead atoms. The number of amides is 1. The Labute approximate surface area is 187 Å². The third-order valence-electron chi connectivity index (χ3n) is 3.91. The van der Waals surface area contributed by atoms with Crippen molar-refractivity contribution >= 4 is 34.8 Å². The quantitative estimate of drug-likeness (QED) is 0.447. The molecule has 0 aliphatic carbocycles. The van der Waals surface area contributed by atoms with Gasteiger partial charge in [0.05, 0.1) is 16.7 Å². The molecular formula is C22H26Cl2N2O4. The average molecular weight is 453 g/mol. The van der Waals surface area contributed by atoms with E-state index in [4.69, 9.17) is 37.5 Å². The van der Waals surface area contributed by atoms with E-state index in [-0.39, 0.29) is 23.6 Å². The molecule has 1 N–H and O–H groups in total. The van der Waals surface area contributed by atoms with Crippen LogP contribution in [0.1, 0.15) is 31.9 Å². The Morgan fingerprint density at radius 2 is 1.73 bits per heavy atom. The molecule has 2 aromatic rings. The summed E-state index contributed by atoms with van der Waals surface area (Å²) in [6, 6.07) is 10.6. The summed E-state index contributed by atoms with van der Waals surface area (Å²) in [6.07, 6.45) is 0. The minimum Gasteiger partial charge on any atom is -0.490 e. The number of likely N-dealkylation sites (N-methyl/N-ethyl adjacent to an activating group) is 1. The van der Waals surface area contributed by atoms with E-state index >= 15 is 0 Å². The third-order valence-corrected chi connectivity index (χ3v) is 4.47. The molecule has 0 unspecified atom stereocenters. The summed E-state index contributed by atoms with van der Waals surface area (Å²) in [6.45, 7) is 6.82. The van der Waals surface area contributed by atoms with Gasteiger partial charge in [-0.3, -0.25) is 4.79 Å². The zero-order valence-corrected chi connectivity index (χ0v) is 19.2. The highest BCUT2D eigenvalue weighted by Gasteiger charge is 2.19. The van der Waals surface area contributed by atoms with Gasteiger partial charge in [-0.2, -0.15) is 0 Å². The molecule has 6 nitrogen and oxygen atoms in total. The highest BCUT2D eigenvalue weighted by atomic mass is 35.5. The van der Waals surface area contributed by atoms with Gasteiger partial charge in [0.15, 0.2) is 11.5 Å². The first-order valence-electron chi connectivity index (χ1n) is 9.32. The molecule has 0 spiro atoms. The molecule has 0 aliphatic heterocycles. The van der Waals surface area contributed by atoms with E-state index in [1.54, 1.807) is 18.2 Å². The van der Waals surface area contributed by atoms with Gasteiger partial charge in [-0.1, -0.05) is 73.4 Å². The minimum absolute atomic E-state index is 0.0300. The van der Waals surface area contributed by atoms with E-state index in [2.05, 4.69) is 31.2 Å². The van der Waals surface area contributed by atoms with Gasteiger partial charge >= 0.3 is 0 Å². The summed E-state index contributed by atoms with van der Waals surface area (Å²) < 4.78 is 11.7. The van der Waals surface area contributed by atoms with Gasteiger partial charge in [0.25, 0.3) is 5.91 Å². The third kappa shape index (κ3) is 6.54. The molecule has 0 saturated carbocycles. The first kappa shape index (κ1) is 23.8. The number of ether oxygens (including phenoxy) is 2. The summed E-state index contributed by atoms with van der Waals surface area (Å²) in [5, 5.41) is 7.13. The van der Waals surface area contributed by atoms with E-state index in [0.717, 1.165) is 5.56 Å². The number of carbonyl (C=O) groups excluding carboxylic acids is 1. The summed E-state index contributed by atoms with van der Waals surface area (Å²) in [7, 11) is 2.91. The van der Waals surface area contributed by atoms with Gasteiger partial charge in [0.1, 0.15) is 19.5 Å². The van der Waals surface area contributed by atoms with Crippen LogP contribution in [-0.2, 0) is 16.2 Å². The van der Waals surface area contributed by atoms with Gasteiger partial charge in [-0.05, 0) is 11.0 Å². The minimum atomic E-state index is -0.365. The van der Waals surface area contributed by atoms with Crippen molar-refractivity contribution in [2.45, 2.75) is 27.4 Å². The van der Waals surface area contributed by atoms with Crippen molar-refractivity contribution in [3.8, 4) is 11.5 Å². The SMILES string of the molecule is CNC(=O)C(=NOC)c1ccccc1COc1cc(Cl)c(OCC(C)(C)C)c(Cl)c1. The summed E-state index contributed by atoms with van der Waals surface area (Å²) in [4.78, 5) is 17.0. The van der Waals surface area contributed by atoms with Gasteiger partial charge in [-0.15, -0.1) is 0 Å². The number of carbonyl (C=O) groups is 1. The van der Waals surface area contributed by atoms with Crippen LogP contribution in [0.3, 0.4) is 0 Å². The van der Waals surface area contributed by atoms with Crippen LogP contribution in [0, 0.1) is 5.41 Å². The lowest BCUT2D eigenvalue weighted by Crippen LogP contribution is -2.29. The van der Waals surface area contributed by atoms with Crippen LogP contribution >= 0.6 is 23.2 Å². The molecule has 0 radical (unpaired) electrons. The van der Waals surface area contributed by atoms with Crippen LogP contribution in [0.5, 0.6) is 11.5 Å². The van der Waals surface area contributed by atoms with Crippen LogP contribution < -0.4 is 14.8 Å². The van der Waals surface area contributed by atoms with Crippen molar-refractivity contribution in [2.75, 3.05) is 20.8 Å². The lowest BCUT2D eigenvalue weighted by molar-refractivity contribution is -0.114. The molecule has 30 heavy (non-hydrogen) atoms. The van der Waals surface area contributed by atoms with Gasteiger partial charge in [0.2, 0.25) is 0 Å². The molecule has 0 heterocycles. The smallest absolute Gasteiger partial charge is 0.273 e. The lowest BCUT2D eigenvalue weighted by atomic mass is 9.99. The number of rotatable bonds is 8. The van der Waals surface area contributed by atoms with Crippen molar-refractivity contribution in [3.63, 3.8) is 0 Å². The Morgan fingerprint density at radius 1 is 1.10 bits per heavy atom. The predicted molar refractivity (Wildman–Crippen MR) is 120 cm³/mol. The first-order chi connectivity index (χ1) is 14.2. The predicted octanol–water partition coefficient (Wildman–Crippen LogP) is 5.09. The molecule has 0 saturated heterocycles. The fourth-order valence-corrected chi connectivity index (χ4v) is 3.08. The summed E-state index contributed by atoms with van der Waals surface area (Å²) in [5.41, 5.74) is 1.47. The van der Waals surface area contributed by atoms with Crippen LogP contribution in [0.15, 0.2) is 41.6 Å². The summed E-state index contributed by atoms with van der Waals surface area (Å²) in [5.74, 6) is 0.541. The molecule has 2 aromatic carbocycles. The maximum Gasteiger partial charge on any atom is 0.273 e. The van der Waals surface area contributed by atoms with E-state index in [1.807, 2.05) is 18.2 Å². The monoisotopic (exact) mass is 452 g/mol. The number of nitrogens with zero attached hydrogens (tertiary/aromatic N) is 1. The number of hydrogen-bond donors (Lipinski definition) is 1. The maximum absolute atomic E-state index is 12.2. The maximum atomic E-state index is 12.2. The van der Waals surface area contributed by atoms with Crippen molar-refractivity contribution in [1.82, 2.24) is 5.32 Å². The van der Waals surface area contributed by atoms with Crippen molar-refractivity contribution < 1.29 is 19.1 Å². The summed E-state index contributed by atoms with van der Waals surface area (Å²) >= 11 is 12.7. The molecule has 0 atom stereocenters. The number of halogens is 2. The Hall–Kier alpha value is -2.44. The van der Waals surface area contributed by atoms with Gasteiger partial charge in [-0.25, -0.2) is 0 Å². The molecule has 2 rings (SSSR count). The van der Waals surface area contributed by atoms with E-state index in [9.17, 15) is 4.79 Å². The number of oxime groups is 1. The molecule has 0 fully saturated rings. The van der Waals surface area contributed by atoms with Crippen LogP contribution in [0.4, 0.5) is 0 Å². The Kier molecular flexibility index (Phi) is 8.38. The van der Waals surface area contributed by atoms with E-state index < -0.39 is 0 Å². The number of benzene rings is 2. The second-order valence-corrected chi connectivity index (χ2v) is 8.53.